The molecule has 4 heteroatoms. The van der Waals surface area contributed by atoms with Crippen LogP contribution in [0.4, 0.5) is 34.1 Å². The second kappa shape index (κ2) is 8.39. The van der Waals surface area contributed by atoms with E-state index in [-0.39, 0.29) is 12.1 Å². The Balaban J connectivity index is 1.44. The summed E-state index contributed by atoms with van der Waals surface area (Å²) in [7, 11) is 0. The summed E-state index contributed by atoms with van der Waals surface area (Å²) in [6, 6.07) is 46.8. The third kappa shape index (κ3) is 2.90. The van der Waals surface area contributed by atoms with Crippen LogP contribution >= 0.6 is 0 Å². The lowest BCUT2D eigenvalue weighted by molar-refractivity contribution is 0.632. The molecule has 44 heavy (non-hydrogen) atoms. The SMILES string of the molecule is CC1(C)c2ccccc2N2c3cc4c(ncc5ccccc54)c4c3B(c3ccccc3N4c3ccccc3)c3cccc1c32. The van der Waals surface area contributed by atoms with Crippen LogP contribution in [0.3, 0.4) is 0 Å². The predicted molar refractivity (Wildman–Crippen MR) is 185 cm³/mol. The van der Waals surface area contributed by atoms with E-state index in [0.717, 1.165) is 16.6 Å². The van der Waals surface area contributed by atoms with Gasteiger partial charge in [0.25, 0.3) is 6.71 Å². The predicted octanol–water partition coefficient (Wildman–Crippen LogP) is 8.11. The van der Waals surface area contributed by atoms with E-state index in [1.54, 1.807) is 0 Å². The summed E-state index contributed by atoms with van der Waals surface area (Å²) in [5, 5.41) is 3.56. The number of benzene rings is 6. The van der Waals surface area contributed by atoms with Gasteiger partial charge in [0.05, 0.1) is 16.9 Å². The average molecular weight is 561 g/mol. The van der Waals surface area contributed by atoms with E-state index in [4.69, 9.17) is 4.98 Å². The quantitative estimate of drug-likeness (QED) is 0.149. The molecule has 7 aromatic rings. The van der Waals surface area contributed by atoms with Gasteiger partial charge in [-0.1, -0.05) is 111 Å². The normalized spacial score (nSPS) is 15.1. The molecule has 3 nitrogen and oxygen atoms in total. The summed E-state index contributed by atoms with van der Waals surface area (Å²) >= 11 is 0. The third-order valence-corrected chi connectivity index (χ3v) is 10.2. The first-order valence-electron chi connectivity index (χ1n) is 15.4. The number of pyridine rings is 1. The van der Waals surface area contributed by atoms with Crippen LogP contribution in [0.5, 0.6) is 0 Å². The van der Waals surface area contributed by atoms with Crippen LogP contribution in [0.2, 0.25) is 0 Å². The van der Waals surface area contributed by atoms with Gasteiger partial charge in [0.15, 0.2) is 0 Å². The van der Waals surface area contributed by atoms with Crippen molar-refractivity contribution in [2.24, 2.45) is 0 Å². The Labute approximate surface area is 257 Å². The van der Waals surface area contributed by atoms with E-state index in [1.165, 1.54) is 66.7 Å². The van der Waals surface area contributed by atoms with Gasteiger partial charge in [-0.15, -0.1) is 0 Å². The number of para-hydroxylation sites is 4. The summed E-state index contributed by atoms with van der Waals surface area (Å²) in [6.45, 7) is 4.84. The summed E-state index contributed by atoms with van der Waals surface area (Å²) in [4.78, 5) is 10.3. The number of anilines is 6. The lowest BCUT2D eigenvalue weighted by atomic mass is 9.33. The van der Waals surface area contributed by atoms with Crippen molar-refractivity contribution in [3.63, 3.8) is 0 Å². The van der Waals surface area contributed by atoms with Crippen LogP contribution in [0, 0.1) is 0 Å². The third-order valence-electron chi connectivity index (χ3n) is 10.2. The maximum absolute atomic E-state index is 5.25. The van der Waals surface area contributed by atoms with E-state index in [2.05, 4.69) is 151 Å². The highest BCUT2D eigenvalue weighted by atomic mass is 15.2. The molecule has 0 aliphatic carbocycles. The van der Waals surface area contributed by atoms with Crippen molar-refractivity contribution in [3.8, 4) is 0 Å². The largest absolute Gasteiger partial charge is 0.311 e. The van der Waals surface area contributed by atoms with Crippen LogP contribution < -0.4 is 26.2 Å². The van der Waals surface area contributed by atoms with Crippen molar-refractivity contribution in [1.29, 1.82) is 0 Å². The number of nitrogens with zero attached hydrogens (tertiary/aromatic N) is 3. The van der Waals surface area contributed by atoms with Gasteiger partial charge >= 0.3 is 0 Å². The Morgan fingerprint density at radius 2 is 1.27 bits per heavy atom. The second-order valence-electron chi connectivity index (χ2n) is 12.8. The van der Waals surface area contributed by atoms with E-state index < -0.39 is 0 Å². The molecular weight excluding hydrogens is 533 g/mol. The van der Waals surface area contributed by atoms with Crippen molar-refractivity contribution >= 4 is 78.9 Å². The first-order valence-corrected chi connectivity index (χ1v) is 15.4. The smallest absolute Gasteiger partial charge is 0.252 e. The Morgan fingerprint density at radius 1 is 0.568 bits per heavy atom. The zero-order valence-electron chi connectivity index (χ0n) is 24.6. The molecule has 206 valence electrons. The van der Waals surface area contributed by atoms with Gasteiger partial charge < -0.3 is 9.80 Å². The minimum atomic E-state index is -0.131. The molecule has 0 N–H and O–H groups in total. The van der Waals surface area contributed by atoms with Crippen LogP contribution in [0.25, 0.3) is 21.7 Å². The number of hydrogen-bond donors (Lipinski definition) is 0. The number of hydrogen-bond acceptors (Lipinski definition) is 3. The monoisotopic (exact) mass is 561 g/mol. The van der Waals surface area contributed by atoms with Crippen molar-refractivity contribution in [2.75, 3.05) is 9.80 Å². The molecule has 0 atom stereocenters. The molecule has 6 aromatic carbocycles. The Morgan fingerprint density at radius 3 is 2.16 bits per heavy atom. The molecule has 0 amide bonds. The van der Waals surface area contributed by atoms with Gasteiger partial charge in [-0.2, -0.15) is 0 Å². The lowest BCUT2D eigenvalue weighted by Crippen LogP contribution is -2.62. The Kier molecular flexibility index (Phi) is 4.60. The van der Waals surface area contributed by atoms with E-state index in [9.17, 15) is 0 Å². The molecule has 0 saturated carbocycles. The molecular formula is C40H28BN3. The highest BCUT2D eigenvalue weighted by molar-refractivity contribution is 7.00. The zero-order chi connectivity index (χ0) is 29.2. The van der Waals surface area contributed by atoms with Gasteiger partial charge in [0.2, 0.25) is 0 Å². The first-order chi connectivity index (χ1) is 21.6. The summed E-state index contributed by atoms with van der Waals surface area (Å²) in [6.07, 6.45) is 2.05. The summed E-state index contributed by atoms with van der Waals surface area (Å²) in [5.41, 5.74) is 15.0. The maximum atomic E-state index is 5.25. The highest BCUT2D eigenvalue weighted by Crippen LogP contribution is 2.54. The molecule has 0 unspecified atom stereocenters. The van der Waals surface area contributed by atoms with Crippen LogP contribution in [-0.2, 0) is 5.41 Å². The average Bonchev–Trinajstić information content (AvgIpc) is 3.07. The minimum Gasteiger partial charge on any atom is -0.311 e. The van der Waals surface area contributed by atoms with Gasteiger partial charge in [-0.05, 0) is 63.2 Å². The molecule has 0 fully saturated rings. The van der Waals surface area contributed by atoms with E-state index in [1.807, 2.05) is 6.20 Å². The van der Waals surface area contributed by atoms with Crippen LogP contribution in [0.15, 0.2) is 134 Å². The molecule has 3 aliphatic heterocycles. The Bertz CT molecular complexity index is 2340. The number of fused-ring (bicyclic) bond motifs is 10. The van der Waals surface area contributed by atoms with Crippen LogP contribution in [0.1, 0.15) is 25.0 Å². The summed E-state index contributed by atoms with van der Waals surface area (Å²) in [5.74, 6) is 0. The fourth-order valence-corrected chi connectivity index (χ4v) is 8.32. The zero-order valence-corrected chi connectivity index (χ0v) is 24.6. The molecule has 4 heterocycles. The molecule has 3 aliphatic rings. The van der Waals surface area contributed by atoms with Crippen molar-refractivity contribution in [2.45, 2.75) is 19.3 Å². The van der Waals surface area contributed by atoms with E-state index in [0.29, 0.717) is 0 Å². The van der Waals surface area contributed by atoms with Gasteiger partial charge in [0.1, 0.15) is 0 Å². The van der Waals surface area contributed by atoms with Crippen molar-refractivity contribution in [1.82, 2.24) is 4.98 Å². The van der Waals surface area contributed by atoms with Gasteiger partial charge in [0, 0.05) is 45.1 Å². The standard InChI is InChI=1S/C40H28BN3/c1-40(2)29-17-8-10-21-33(29)44-35-23-28-27-16-7-6-13-25(27)24-42-37(28)39-36(35)41(32-20-12-18-30(40)38(32)44)31-19-9-11-22-34(31)43(39)26-14-4-3-5-15-26/h3-24H,1-2H3. The molecule has 0 saturated heterocycles. The molecule has 0 spiro atoms. The summed E-state index contributed by atoms with van der Waals surface area (Å²) < 4.78 is 0. The van der Waals surface area contributed by atoms with Crippen molar-refractivity contribution < 1.29 is 0 Å². The fourth-order valence-electron chi connectivity index (χ4n) is 8.32. The van der Waals surface area contributed by atoms with Gasteiger partial charge in [-0.3, -0.25) is 4.98 Å². The molecule has 0 radical (unpaired) electrons. The highest BCUT2D eigenvalue weighted by Gasteiger charge is 2.48. The number of rotatable bonds is 1. The fraction of sp³-hybridized carbons (Fsp3) is 0.0750. The van der Waals surface area contributed by atoms with E-state index >= 15 is 0 Å². The maximum Gasteiger partial charge on any atom is 0.252 e. The molecule has 0 bridgehead atoms. The van der Waals surface area contributed by atoms with Crippen LogP contribution in [-0.4, -0.2) is 11.7 Å². The van der Waals surface area contributed by atoms with Gasteiger partial charge in [-0.25, -0.2) is 0 Å². The van der Waals surface area contributed by atoms with Crippen molar-refractivity contribution in [3.05, 3.63) is 145 Å². The molecule has 10 rings (SSSR count). The Hall–Kier alpha value is -5.35. The minimum absolute atomic E-state index is 0.0843. The molecule has 1 aromatic heterocycles. The second-order valence-corrected chi connectivity index (χ2v) is 12.8. The first kappa shape index (κ1) is 24.1. The lowest BCUT2D eigenvalue weighted by Gasteiger charge is -2.49. The number of aromatic nitrogens is 1. The topological polar surface area (TPSA) is 19.4 Å².